The molecule has 0 aliphatic carbocycles. The van der Waals surface area contributed by atoms with Crippen LogP contribution in [0.3, 0.4) is 0 Å². The van der Waals surface area contributed by atoms with Crippen LogP contribution in [0.25, 0.3) is 0 Å². The van der Waals surface area contributed by atoms with E-state index in [1.807, 2.05) is 0 Å². The van der Waals surface area contributed by atoms with E-state index in [2.05, 4.69) is 13.2 Å². The maximum Gasteiger partial charge on any atom is 0.393 e. The minimum atomic E-state index is -4.60. The zero-order chi connectivity index (χ0) is 14.7. The highest BCUT2D eigenvalue weighted by Gasteiger charge is 2.32. The Balaban J connectivity index is 5.82. The molecule has 104 valence electrons. The summed E-state index contributed by atoms with van der Waals surface area (Å²) in [6.45, 7) is 6.25. The molecule has 0 bridgehead atoms. The van der Waals surface area contributed by atoms with Gasteiger partial charge in [-0.25, -0.2) is 8.42 Å². The smallest absolute Gasteiger partial charge is 0.393 e. The van der Waals surface area contributed by atoms with Crippen LogP contribution in [-0.2, 0) is 10.0 Å². The summed E-state index contributed by atoms with van der Waals surface area (Å²) in [6.07, 6.45) is -4.36. The molecule has 0 spiro atoms. The molecular weight excluding hydrogens is 271 g/mol. The summed E-state index contributed by atoms with van der Waals surface area (Å²) in [5, 5.41) is 9.17. The van der Waals surface area contributed by atoms with E-state index in [0.29, 0.717) is 4.31 Å². The molecule has 1 N–H and O–H groups in total. The van der Waals surface area contributed by atoms with Gasteiger partial charge in [0.2, 0.25) is 10.0 Å². The predicted octanol–water partition coefficient (Wildman–Crippen LogP) is 2.34. The van der Waals surface area contributed by atoms with Crippen LogP contribution in [0.1, 0.15) is 6.42 Å². The Bertz CT molecular complexity index is 477. The fraction of sp³-hybridized carbons (Fsp3) is 0.400. The van der Waals surface area contributed by atoms with Crippen molar-refractivity contribution in [3.63, 3.8) is 0 Å². The van der Waals surface area contributed by atoms with E-state index in [4.69, 9.17) is 0 Å². The molecule has 0 amide bonds. The predicted molar refractivity (Wildman–Crippen MR) is 62.3 cm³/mol. The number of rotatable bonds is 5. The second-order valence-corrected chi connectivity index (χ2v) is 5.55. The maximum atomic E-state index is 12.3. The molecule has 0 aromatic carbocycles. The van der Waals surface area contributed by atoms with E-state index in [1.54, 1.807) is 0 Å². The lowest BCUT2D eigenvalue weighted by atomic mass is 10.1. The van der Waals surface area contributed by atoms with Gasteiger partial charge in [-0.3, -0.25) is 4.31 Å². The Morgan fingerprint density at radius 2 is 1.89 bits per heavy atom. The van der Waals surface area contributed by atoms with Crippen molar-refractivity contribution in [3.05, 3.63) is 36.3 Å². The third-order valence-corrected chi connectivity index (χ3v) is 3.26. The van der Waals surface area contributed by atoms with E-state index in [-0.39, 0.29) is 5.70 Å². The van der Waals surface area contributed by atoms with Crippen LogP contribution in [0.5, 0.6) is 0 Å². The first kappa shape index (κ1) is 16.6. The van der Waals surface area contributed by atoms with Gasteiger partial charge in [-0.2, -0.15) is 13.2 Å². The lowest BCUT2D eigenvalue weighted by Gasteiger charge is -2.22. The molecule has 0 radical (unpaired) electrons. The average Bonchev–Trinajstić information content (AvgIpc) is 2.13. The van der Waals surface area contributed by atoms with E-state index in [1.165, 1.54) is 0 Å². The van der Waals surface area contributed by atoms with Gasteiger partial charge < -0.3 is 5.11 Å². The molecule has 0 rings (SSSR count). The Morgan fingerprint density at radius 3 is 2.11 bits per heavy atom. The number of sulfonamides is 1. The first-order valence-electron chi connectivity index (χ1n) is 4.64. The summed E-state index contributed by atoms with van der Waals surface area (Å²) in [4.78, 5) is 0. The largest absolute Gasteiger partial charge is 0.508 e. The van der Waals surface area contributed by atoms with Crippen LogP contribution in [0.15, 0.2) is 36.3 Å². The van der Waals surface area contributed by atoms with Crippen LogP contribution < -0.4 is 0 Å². The van der Waals surface area contributed by atoms with Crippen LogP contribution in [0.2, 0.25) is 0 Å². The van der Waals surface area contributed by atoms with E-state index in [9.17, 15) is 26.7 Å². The third kappa shape index (κ3) is 4.82. The first-order chi connectivity index (χ1) is 7.90. The molecule has 0 aliphatic rings. The first-order valence-corrected chi connectivity index (χ1v) is 6.49. The van der Waals surface area contributed by atoms with Gasteiger partial charge in [0.1, 0.15) is 5.76 Å². The number of hydrogen-bond donors (Lipinski definition) is 1. The van der Waals surface area contributed by atoms with Gasteiger partial charge in [0, 0.05) is 12.6 Å². The molecular formula is C10H14F3NO3S. The highest BCUT2D eigenvalue weighted by atomic mass is 32.2. The van der Waals surface area contributed by atoms with Gasteiger partial charge in [-0.1, -0.05) is 13.2 Å². The van der Waals surface area contributed by atoms with Crippen molar-refractivity contribution in [1.82, 2.24) is 4.31 Å². The fourth-order valence-corrected chi connectivity index (χ4v) is 1.70. The second kappa shape index (κ2) is 5.47. The Hall–Kier alpha value is -1.44. The Morgan fingerprint density at radius 1 is 1.44 bits per heavy atom. The zero-order valence-corrected chi connectivity index (χ0v) is 10.8. The van der Waals surface area contributed by atoms with Crippen molar-refractivity contribution in [2.45, 2.75) is 12.6 Å². The average molecular weight is 285 g/mol. The normalized spacial score (nSPS) is 13.8. The topological polar surface area (TPSA) is 57.6 Å². The fourth-order valence-electron chi connectivity index (χ4n) is 1.16. The summed E-state index contributed by atoms with van der Waals surface area (Å²) in [7, 11) is -2.70. The molecule has 0 atom stereocenters. The molecule has 0 aromatic heterocycles. The van der Waals surface area contributed by atoms with Crippen molar-refractivity contribution < 1.29 is 26.7 Å². The van der Waals surface area contributed by atoms with Crippen LogP contribution >= 0.6 is 0 Å². The molecule has 0 fully saturated rings. The Kier molecular flexibility index (Phi) is 5.03. The van der Waals surface area contributed by atoms with E-state index >= 15 is 0 Å². The molecule has 0 saturated heterocycles. The quantitative estimate of drug-likeness (QED) is 0.623. The lowest BCUT2D eigenvalue weighted by molar-refractivity contribution is -0.127. The summed E-state index contributed by atoms with van der Waals surface area (Å²) in [6, 6.07) is 0. The van der Waals surface area contributed by atoms with Crippen molar-refractivity contribution in [2.24, 2.45) is 0 Å². The number of likely N-dealkylation sites (N-methyl/N-ethyl adjacent to an activating group) is 1. The molecule has 0 heterocycles. The minimum Gasteiger partial charge on any atom is -0.508 e. The highest BCUT2D eigenvalue weighted by molar-refractivity contribution is 7.88. The number of aliphatic hydroxyl groups is 1. The number of halogens is 3. The van der Waals surface area contributed by atoms with Gasteiger partial charge in [0.05, 0.1) is 18.4 Å². The summed E-state index contributed by atoms with van der Waals surface area (Å²) in [5.41, 5.74) is -0.993. The molecule has 0 aromatic rings. The van der Waals surface area contributed by atoms with E-state index in [0.717, 1.165) is 19.4 Å². The summed E-state index contributed by atoms with van der Waals surface area (Å²) >= 11 is 0. The molecule has 18 heavy (non-hydrogen) atoms. The second-order valence-electron chi connectivity index (χ2n) is 3.54. The number of alkyl halides is 3. The van der Waals surface area contributed by atoms with Crippen molar-refractivity contribution in [1.29, 1.82) is 0 Å². The molecule has 8 heteroatoms. The van der Waals surface area contributed by atoms with Gasteiger partial charge >= 0.3 is 6.18 Å². The van der Waals surface area contributed by atoms with Gasteiger partial charge in [-0.15, -0.1) is 0 Å². The molecule has 0 aliphatic heterocycles. The maximum absolute atomic E-state index is 12.3. The van der Waals surface area contributed by atoms with Crippen molar-refractivity contribution in [3.8, 4) is 0 Å². The van der Waals surface area contributed by atoms with Gasteiger partial charge in [-0.05, 0) is 6.08 Å². The zero-order valence-electron chi connectivity index (χ0n) is 9.95. The standard InChI is InChI=1S/C10H14F3NO3S/c1-5-9(14(3)18(4,16)17)8(7(2)15)6-10(11,12)13/h5,15H,1-2,6H2,3-4H3/b9-8+. The summed E-state index contributed by atoms with van der Waals surface area (Å²) < 4.78 is 60.2. The highest BCUT2D eigenvalue weighted by Crippen LogP contribution is 2.30. The molecule has 0 saturated carbocycles. The summed E-state index contributed by atoms with van der Waals surface area (Å²) in [5.74, 6) is -0.849. The number of aliphatic hydroxyl groups excluding tert-OH is 1. The number of hydrogen-bond acceptors (Lipinski definition) is 3. The monoisotopic (exact) mass is 285 g/mol. The van der Waals surface area contributed by atoms with E-state index < -0.39 is 34.0 Å². The lowest BCUT2D eigenvalue weighted by Crippen LogP contribution is -2.26. The van der Waals surface area contributed by atoms with Gasteiger partial charge in [0.25, 0.3) is 0 Å². The Labute approximate surface area is 104 Å². The SMILES string of the molecule is C=C/C(=C(/CC(F)(F)F)C(=C)O)N(C)S(C)(=O)=O. The molecule has 0 unspecified atom stereocenters. The van der Waals surface area contributed by atoms with Crippen LogP contribution in [0, 0.1) is 0 Å². The third-order valence-electron chi connectivity index (χ3n) is 2.06. The number of allylic oxidation sites excluding steroid dienone is 2. The minimum absolute atomic E-state index is 0.359. The van der Waals surface area contributed by atoms with Crippen LogP contribution in [0.4, 0.5) is 13.2 Å². The molecule has 4 nitrogen and oxygen atoms in total. The van der Waals surface area contributed by atoms with Crippen LogP contribution in [-0.4, -0.2) is 37.3 Å². The number of nitrogens with zero attached hydrogens (tertiary/aromatic N) is 1. The van der Waals surface area contributed by atoms with Gasteiger partial charge in [0.15, 0.2) is 0 Å². The van der Waals surface area contributed by atoms with Crippen molar-refractivity contribution in [2.75, 3.05) is 13.3 Å². The van der Waals surface area contributed by atoms with Crippen molar-refractivity contribution >= 4 is 10.0 Å².